The first-order valence-corrected chi connectivity index (χ1v) is 8.36. The Kier molecular flexibility index (Phi) is 4.29. The molecule has 21 heavy (non-hydrogen) atoms. The number of nitrogens with zero attached hydrogens (tertiary/aromatic N) is 3. The van der Waals surface area contributed by atoms with Crippen molar-refractivity contribution in [3.05, 3.63) is 11.4 Å². The maximum Gasteiger partial charge on any atom is 0.148 e. The van der Waals surface area contributed by atoms with E-state index in [0.717, 1.165) is 29.6 Å². The fraction of sp³-hybridized carbons (Fsp3) is 0.750. The Balaban J connectivity index is 1.95. The smallest absolute Gasteiger partial charge is 0.148 e. The van der Waals surface area contributed by atoms with Gasteiger partial charge >= 0.3 is 0 Å². The summed E-state index contributed by atoms with van der Waals surface area (Å²) in [5, 5.41) is 0. The van der Waals surface area contributed by atoms with Crippen molar-refractivity contribution < 1.29 is 0 Å². The van der Waals surface area contributed by atoms with E-state index in [2.05, 4.69) is 29.2 Å². The fourth-order valence-electron chi connectivity index (χ4n) is 3.44. The Morgan fingerprint density at radius 1 is 1.14 bits per heavy atom. The summed E-state index contributed by atoms with van der Waals surface area (Å²) < 4.78 is 0. The summed E-state index contributed by atoms with van der Waals surface area (Å²) in [6.07, 6.45) is 9.03. The molecule has 0 aliphatic heterocycles. The molecule has 0 aromatic carbocycles. The minimum Gasteiger partial charge on any atom is -0.354 e. The lowest BCUT2D eigenvalue weighted by atomic mass is 9.94. The van der Waals surface area contributed by atoms with Gasteiger partial charge in [-0.2, -0.15) is 0 Å². The standard InChI is InChI=1S/C16H27N5/c1-3-21(13-7-5-4-6-8-13)16-11(2)14(20-17)18-15(19-16)12-9-10-12/h12-13H,3-10,17H2,1-2H3,(H,18,19,20). The SMILES string of the molecule is CCN(c1nc(C2CC2)nc(NN)c1C)C1CCCCC1. The monoisotopic (exact) mass is 289 g/mol. The van der Waals surface area contributed by atoms with Crippen LogP contribution in [-0.4, -0.2) is 22.6 Å². The van der Waals surface area contributed by atoms with E-state index < -0.39 is 0 Å². The Morgan fingerprint density at radius 2 is 1.86 bits per heavy atom. The maximum atomic E-state index is 5.67. The van der Waals surface area contributed by atoms with E-state index >= 15 is 0 Å². The Bertz CT molecular complexity index is 492. The number of nitrogens with two attached hydrogens (primary N) is 1. The Labute approximate surface area is 127 Å². The van der Waals surface area contributed by atoms with Crippen molar-refractivity contribution in [2.24, 2.45) is 5.84 Å². The highest BCUT2D eigenvalue weighted by Crippen LogP contribution is 2.40. The average Bonchev–Trinajstić information content (AvgIpc) is 3.35. The molecule has 1 aromatic heterocycles. The number of aromatic nitrogens is 2. The van der Waals surface area contributed by atoms with E-state index in [-0.39, 0.29) is 0 Å². The van der Waals surface area contributed by atoms with Crippen molar-refractivity contribution in [1.29, 1.82) is 0 Å². The first kappa shape index (κ1) is 14.6. The zero-order valence-corrected chi connectivity index (χ0v) is 13.2. The average molecular weight is 289 g/mol. The summed E-state index contributed by atoms with van der Waals surface area (Å²) >= 11 is 0. The number of rotatable bonds is 5. The molecule has 2 aliphatic rings. The molecule has 3 rings (SSSR count). The van der Waals surface area contributed by atoms with Gasteiger partial charge in [0.05, 0.1) is 0 Å². The summed E-state index contributed by atoms with van der Waals surface area (Å²) in [5.74, 6) is 9.06. The van der Waals surface area contributed by atoms with Gasteiger partial charge in [-0.1, -0.05) is 19.3 Å². The normalized spacial score (nSPS) is 19.6. The van der Waals surface area contributed by atoms with Gasteiger partial charge in [0, 0.05) is 24.1 Å². The first-order chi connectivity index (χ1) is 10.2. The van der Waals surface area contributed by atoms with E-state index in [1.165, 1.54) is 44.9 Å². The van der Waals surface area contributed by atoms with E-state index in [1.54, 1.807) is 0 Å². The van der Waals surface area contributed by atoms with Crippen LogP contribution < -0.4 is 16.2 Å². The highest BCUT2D eigenvalue weighted by Gasteiger charge is 2.30. The van der Waals surface area contributed by atoms with Crippen LogP contribution in [0.5, 0.6) is 0 Å². The topological polar surface area (TPSA) is 67.1 Å². The van der Waals surface area contributed by atoms with Crippen LogP contribution in [-0.2, 0) is 0 Å². The van der Waals surface area contributed by atoms with Crippen molar-refractivity contribution >= 4 is 11.6 Å². The van der Waals surface area contributed by atoms with Gasteiger partial charge in [-0.05, 0) is 39.5 Å². The van der Waals surface area contributed by atoms with E-state index in [4.69, 9.17) is 10.8 Å². The number of nitrogen functional groups attached to an aromatic ring is 1. The zero-order chi connectivity index (χ0) is 14.8. The van der Waals surface area contributed by atoms with Gasteiger partial charge in [0.25, 0.3) is 0 Å². The summed E-state index contributed by atoms with van der Waals surface area (Å²) in [6.45, 7) is 5.30. The fourth-order valence-corrected chi connectivity index (χ4v) is 3.44. The van der Waals surface area contributed by atoms with Gasteiger partial charge in [0.15, 0.2) is 0 Å². The maximum absolute atomic E-state index is 5.67. The van der Waals surface area contributed by atoms with E-state index in [1.807, 2.05) is 0 Å². The molecule has 5 heteroatoms. The summed E-state index contributed by atoms with van der Waals surface area (Å²) in [5.41, 5.74) is 3.84. The van der Waals surface area contributed by atoms with Gasteiger partial charge in [-0.25, -0.2) is 15.8 Å². The van der Waals surface area contributed by atoms with Crippen molar-refractivity contribution in [3.63, 3.8) is 0 Å². The van der Waals surface area contributed by atoms with Crippen LogP contribution in [0.3, 0.4) is 0 Å². The largest absolute Gasteiger partial charge is 0.354 e. The van der Waals surface area contributed by atoms with Crippen molar-refractivity contribution in [2.45, 2.75) is 70.8 Å². The number of hydrazine groups is 1. The molecule has 0 radical (unpaired) electrons. The molecule has 0 bridgehead atoms. The number of hydrogen-bond acceptors (Lipinski definition) is 5. The molecule has 5 nitrogen and oxygen atoms in total. The second-order valence-electron chi connectivity index (χ2n) is 6.38. The number of nitrogens with one attached hydrogen (secondary N) is 1. The van der Waals surface area contributed by atoms with Crippen LogP contribution in [0.15, 0.2) is 0 Å². The lowest BCUT2D eigenvalue weighted by molar-refractivity contribution is 0.415. The third kappa shape index (κ3) is 2.98. The van der Waals surface area contributed by atoms with Crippen LogP contribution in [0, 0.1) is 6.92 Å². The molecule has 0 spiro atoms. The van der Waals surface area contributed by atoms with Crippen LogP contribution in [0.1, 0.15) is 69.2 Å². The minimum absolute atomic E-state index is 0.543. The molecule has 1 aromatic rings. The Morgan fingerprint density at radius 3 is 2.43 bits per heavy atom. The second kappa shape index (κ2) is 6.18. The number of anilines is 2. The van der Waals surface area contributed by atoms with Crippen molar-refractivity contribution in [1.82, 2.24) is 9.97 Å². The summed E-state index contributed by atoms with van der Waals surface area (Å²) in [4.78, 5) is 12.0. The molecule has 0 amide bonds. The van der Waals surface area contributed by atoms with Gasteiger partial charge in [0.1, 0.15) is 17.5 Å². The second-order valence-corrected chi connectivity index (χ2v) is 6.38. The van der Waals surface area contributed by atoms with Gasteiger partial charge in [-0.3, -0.25) is 0 Å². The molecular weight excluding hydrogens is 262 g/mol. The van der Waals surface area contributed by atoms with Crippen molar-refractivity contribution in [3.8, 4) is 0 Å². The quantitative estimate of drug-likeness (QED) is 0.644. The van der Waals surface area contributed by atoms with Gasteiger partial charge in [0.2, 0.25) is 0 Å². The zero-order valence-electron chi connectivity index (χ0n) is 13.2. The van der Waals surface area contributed by atoms with Crippen LogP contribution in [0.2, 0.25) is 0 Å². The molecule has 3 N–H and O–H groups in total. The van der Waals surface area contributed by atoms with Crippen LogP contribution in [0.4, 0.5) is 11.6 Å². The first-order valence-electron chi connectivity index (χ1n) is 8.36. The number of hydrogen-bond donors (Lipinski definition) is 2. The third-order valence-electron chi connectivity index (χ3n) is 4.84. The van der Waals surface area contributed by atoms with Gasteiger partial charge in [-0.15, -0.1) is 0 Å². The van der Waals surface area contributed by atoms with Crippen molar-refractivity contribution in [2.75, 3.05) is 16.9 Å². The highest BCUT2D eigenvalue weighted by atomic mass is 15.3. The third-order valence-corrected chi connectivity index (χ3v) is 4.84. The predicted octanol–water partition coefficient (Wildman–Crippen LogP) is 3.11. The molecule has 2 saturated carbocycles. The lowest BCUT2D eigenvalue weighted by Gasteiger charge is -2.35. The van der Waals surface area contributed by atoms with E-state index in [9.17, 15) is 0 Å². The molecule has 0 atom stereocenters. The summed E-state index contributed by atoms with van der Waals surface area (Å²) in [7, 11) is 0. The molecule has 116 valence electrons. The van der Waals surface area contributed by atoms with E-state index in [0.29, 0.717) is 12.0 Å². The molecular formula is C16H27N5. The highest BCUT2D eigenvalue weighted by molar-refractivity contribution is 5.59. The summed E-state index contributed by atoms with van der Waals surface area (Å²) in [6, 6.07) is 0.620. The molecule has 2 aliphatic carbocycles. The predicted molar refractivity (Wildman–Crippen MR) is 86.4 cm³/mol. The molecule has 2 fully saturated rings. The molecule has 0 saturated heterocycles. The minimum atomic E-state index is 0.543. The Hall–Kier alpha value is -1.36. The lowest BCUT2D eigenvalue weighted by Crippen LogP contribution is -2.38. The van der Waals surface area contributed by atoms with Crippen LogP contribution >= 0.6 is 0 Å². The molecule has 0 unspecified atom stereocenters. The molecule has 1 heterocycles. The van der Waals surface area contributed by atoms with Crippen LogP contribution in [0.25, 0.3) is 0 Å². The van der Waals surface area contributed by atoms with Gasteiger partial charge < -0.3 is 10.3 Å².